The van der Waals surface area contributed by atoms with E-state index in [2.05, 4.69) is 19.9 Å². The molecule has 1 aromatic carbocycles. The van der Waals surface area contributed by atoms with Gasteiger partial charge < -0.3 is 5.11 Å². The second-order valence-corrected chi connectivity index (χ2v) is 15.1. The predicted octanol–water partition coefficient (Wildman–Crippen LogP) is 7.83. The number of carbonyl (C=O) groups excluding carboxylic acids is 4. The molecule has 5 atom stereocenters. The highest BCUT2D eigenvalue weighted by atomic mass is 16.3. The Morgan fingerprint density at radius 3 is 2.05 bits per heavy atom. The molecule has 5 nitrogen and oxygen atoms in total. The minimum atomic E-state index is -2.04. The Balaban J connectivity index is 2.06. The summed E-state index contributed by atoms with van der Waals surface area (Å²) in [4.78, 5) is 60.7. The quantitative estimate of drug-likeness (QED) is 0.171. The third kappa shape index (κ3) is 4.87. The van der Waals surface area contributed by atoms with Crippen molar-refractivity contribution in [1.29, 1.82) is 0 Å². The predicted molar refractivity (Wildman–Crippen MR) is 170 cm³/mol. The zero-order chi connectivity index (χ0) is 32.2. The number of allylic oxidation sites excluding steroid dienone is 6. The Morgan fingerprint density at radius 2 is 1.49 bits per heavy atom. The van der Waals surface area contributed by atoms with Gasteiger partial charge in [-0.15, -0.1) is 0 Å². The fourth-order valence-corrected chi connectivity index (χ4v) is 8.56. The van der Waals surface area contributed by atoms with Crippen LogP contribution in [0.1, 0.15) is 111 Å². The molecule has 4 aliphatic rings. The van der Waals surface area contributed by atoms with E-state index in [0.29, 0.717) is 12.0 Å². The van der Waals surface area contributed by atoms with Crippen LogP contribution in [0.2, 0.25) is 0 Å². The molecule has 0 radical (unpaired) electrons. The van der Waals surface area contributed by atoms with Gasteiger partial charge in [-0.05, 0) is 98.3 Å². The smallest absolute Gasteiger partial charge is 0.184 e. The summed E-state index contributed by atoms with van der Waals surface area (Å²) in [6.07, 6.45) is 8.56. The molecule has 4 saturated carbocycles. The molecule has 5 rings (SSSR count). The number of carbonyl (C=O) groups is 4. The summed E-state index contributed by atoms with van der Waals surface area (Å²) in [5, 5.41) is 11.7. The average Bonchev–Trinajstić information content (AvgIpc) is 3.05. The lowest BCUT2D eigenvalue weighted by Gasteiger charge is -2.60. The van der Waals surface area contributed by atoms with Crippen LogP contribution in [-0.4, -0.2) is 33.8 Å². The largest absolute Gasteiger partial charge is 0.390 e. The van der Waals surface area contributed by atoms with Crippen molar-refractivity contribution in [2.45, 2.75) is 106 Å². The third-order valence-corrected chi connectivity index (χ3v) is 11.0. The monoisotopic (exact) mass is 586 g/mol. The summed E-state index contributed by atoms with van der Waals surface area (Å²) >= 11 is 0. The minimum Gasteiger partial charge on any atom is -0.390 e. The summed E-state index contributed by atoms with van der Waals surface area (Å²) in [5.41, 5.74) is -4.19. The summed E-state index contributed by atoms with van der Waals surface area (Å²) in [6, 6.07) is 8.59. The summed E-state index contributed by atoms with van der Waals surface area (Å²) in [5.74, 6) is -3.12. The van der Waals surface area contributed by atoms with Gasteiger partial charge in [-0.1, -0.05) is 79.1 Å². The van der Waals surface area contributed by atoms with Crippen LogP contribution in [0, 0.1) is 33.5 Å². The van der Waals surface area contributed by atoms with Crippen LogP contribution < -0.4 is 0 Å². The zero-order valence-electron chi connectivity index (χ0n) is 27.6. The number of hydrogen-bond donors (Lipinski definition) is 1. The lowest BCUT2D eigenvalue weighted by atomic mass is 9.36. The van der Waals surface area contributed by atoms with Gasteiger partial charge in [-0.25, -0.2) is 0 Å². The first kappa shape index (κ1) is 33.0. The van der Waals surface area contributed by atoms with Crippen LogP contribution in [0.5, 0.6) is 0 Å². The fraction of sp³-hybridized carbons (Fsp3) is 0.579. The molecule has 4 bridgehead atoms. The Labute approximate surface area is 257 Å². The molecule has 0 spiro atoms. The van der Waals surface area contributed by atoms with E-state index >= 15 is 14.4 Å². The highest BCUT2D eigenvalue weighted by Crippen LogP contribution is 2.72. The van der Waals surface area contributed by atoms with E-state index in [0.717, 1.165) is 24.0 Å². The molecule has 4 fully saturated rings. The first-order valence-electron chi connectivity index (χ1n) is 15.8. The Bertz CT molecular complexity index is 1410. The Morgan fingerprint density at radius 1 is 0.884 bits per heavy atom. The van der Waals surface area contributed by atoms with Crippen LogP contribution >= 0.6 is 0 Å². The van der Waals surface area contributed by atoms with E-state index in [4.69, 9.17) is 0 Å². The van der Waals surface area contributed by atoms with Gasteiger partial charge in [0.2, 0.25) is 0 Å². The summed E-state index contributed by atoms with van der Waals surface area (Å²) in [6.45, 7) is 17.0. The Kier molecular flexibility index (Phi) is 8.60. The molecule has 0 aromatic heterocycles. The Hall–Kier alpha value is -2.92. The van der Waals surface area contributed by atoms with E-state index in [1.807, 2.05) is 46.8 Å². The molecule has 0 heterocycles. The van der Waals surface area contributed by atoms with Crippen molar-refractivity contribution in [3.63, 3.8) is 0 Å². The third-order valence-electron chi connectivity index (χ3n) is 11.0. The summed E-state index contributed by atoms with van der Waals surface area (Å²) < 4.78 is 0. The van der Waals surface area contributed by atoms with Crippen molar-refractivity contribution in [1.82, 2.24) is 0 Å². The van der Waals surface area contributed by atoms with Crippen molar-refractivity contribution in [2.24, 2.45) is 33.5 Å². The first-order chi connectivity index (χ1) is 19.9. The molecule has 4 aliphatic carbocycles. The molecular formula is C38H50O5. The zero-order valence-corrected chi connectivity index (χ0v) is 27.6. The molecule has 0 aliphatic heterocycles. The van der Waals surface area contributed by atoms with Gasteiger partial charge in [-0.2, -0.15) is 0 Å². The van der Waals surface area contributed by atoms with Crippen LogP contribution in [0.4, 0.5) is 0 Å². The second kappa shape index (κ2) is 11.2. The minimum absolute atomic E-state index is 0.0621. The molecule has 43 heavy (non-hydrogen) atoms. The molecule has 5 heteroatoms. The molecule has 0 amide bonds. The van der Waals surface area contributed by atoms with Gasteiger partial charge in [0.05, 0.1) is 16.4 Å². The van der Waals surface area contributed by atoms with Gasteiger partial charge in [0.25, 0.3) is 0 Å². The van der Waals surface area contributed by atoms with Gasteiger partial charge in [0, 0.05) is 11.5 Å². The number of hydrogen-bond acceptors (Lipinski definition) is 5. The van der Waals surface area contributed by atoms with Gasteiger partial charge in [0.1, 0.15) is 0 Å². The van der Waals surface area contributed by atoms with Crippen molar-refractivity contribution in [3.05, 3.63) is 70.8 Å². The maximum absolute atomic E-state index is 15.4. The number of rotatable bonds is 10. The van der Waals surface area contributed by atoms with Crippen molar-refractivity contribution in [3.8, 4) is 0 Å². The van der Waals surface area contributed by atoms with Crippen molar-refractivity contribution in [2.75, 3.05) is 0 Å². The molecule has 2 unspecified atom stereocenters. The van der Waals surface area contributed by atoms with Crippen LogP contribution in [0.15, 0.2) is 65.3 Å². The normalized spacial score (nSPS) is 31.6. The maximum Gasteiger partial charge on any atom is 0.184 e. The van der Waals surface area contributed by atoms with Crippen LogP contribution in [-0.2, 0) is 14.4 Å². The van der Waals surface area contributed by atoms with E-state index in [1.54, 1.807) is 44.2 Å². The molecule has 1 aromatic rings. The fourth-order valence-electron chi connectivity index (χ4n) is 8.56. The van der Waals surface area contributed by atoms with E-state index in [9.17, 15) is 9.90 Å². The van der Waals surface area contributed by atoms with E-state index in [1.165, 1.54) is 5.57 Å². The molecular weight excluding hydrogens is 536 g/mol. The standard InChI is InChI=1S/C38H50O5/c1-24(2)14-13-15-26(5)19-20-36-23-28-22-29(35(8,9)43)37(31(36)40,21-18-25(3)4)33(42)38(32(36)41,34(28,6)7)30(39)27-16-11-10-12-17-27/h10-12,14,16-19,28-29,43H,13,15,20-23H2,1-9H3/b26-19+/t28?,29?,36-,37+,38-/m0/s1. The number of aliphatic hydroxyl groups is 1. The molecule has 1 N–H and O–H groups in total. The van der Waals surface area contributed by atoms with Gasteiger partial charge in [0.15, 0.2) is 28.5 Å². The maximum atomic E-state index is 15.4. The van der Waals surface area contributed by atoms with E-state index in [-0.39, 0.29) is 25.2 Å². The SMILES string of the molecule is CC(C)=CCC/C(C)=C/C[C@]12CC3CC(C(C)(C)O)[C@](CC=C(C)C)(C1=O)C(=O)[C@](C(=O)c1ccccc1)(C2=O)C3(C)C. The average molecular weight is 587 g/mol. The van der Waals surface area contributed by atoms with Crippen LogP contribution in [0.3, 0.4) is 0 Å². The number of ketones is 4. The lowest BCUT2D eigenvalue weighted by molar-refractivity contribution is -0.184. The summed E-state index contributed by atoms with van der Waals surface area (Å²) in [7, 11) is 0. The number of benzene rings is 1. The highest BCUT2D eigenvalue weighted by Gasteiger charge is 2.84. The lowest BCUT2D eigenvalue weighted by Crippen LogP contribution is -2.76. The van der Waals surface area contributed by atoms with Gasteiger partial charge in [-0.3, -0.25) is 19.2 Å². The molecule has 232 valence electrons. The molecule has 0 saturated heterocycles. The van der Waals surface area contributed by atoms with E-state index < -0.39 is 56.3 Å². The van der Waals surface area contributed by atoms with Crippen molar-refractivity contribution < 1.29 is 24.3 Å². The van der Waals surface area contributed by atoms with Crippen LogP contribution in [0.25, 0.3) is 0 Å². The topological polar surface area (TPSA) is 88.5 Å². The number of fused-ring (bicyclic) bond motifs is 1. The second-order valence-electron chi connectivity index (χ2n) is 15.1. The number of Topliss-reactive ketones (excluding diaryl/α,β-unsaturated/α-hetero) is 4. The highest BCUT2D eigenvalue weighted by molar-refractivity contribution is 6.42. The first-order valence-corrected chi connectivity index (χ1v) is 15.8. The van der Waals surface area contributed by atoms with Gasteiger partial charge >= 0.3 is 0 Å². The van der Waals surface area contributed by atoms with Crippen molar-refractivity contribution >= 4 is 23.1 Å².